The summed E-state index contributed by atoms with van der Waals surface area (Å²) >= 11 is 0. The molecule has 10 heteroatoms. The predicted molar refractivity (Wildman–Crippen MR) is 164 cm³/mol. The van der Waals surface area contributed by atoms with E-state index in [0.29, 0.717) is 35.3 Å². The first kappa shape index (κ1) is 28.4. The first-order chi connectivity index (χ1) is 21.1. The van der Waals surface area contributed by atoms with Crippen molar-refractivity contribution in [2.75, 3.05) is 0 Å². The van der Waals surface area contributed by atoms with Gasteiger partial charge in [0.25, 0.3) is 5.56 Å². The normalized spacial score (nSPS) is 13.7. The molecule has 1 fully saturated rings. The lowest BCUT2D eigenvalue weighted by Gasteiger charge is -2.22. The molecule has 2 aromatic carbocycles. The Morgan fingerprint density at radius 3 is 2.42 bits per heavy atom. The van der Waals surface area contributed by atoms with Crippen molar-refractivity contribution in [1.82, 2.24) is 40.1 Å². The number of aromatic amines is 1. The summed E-state index contributed by atoms with van der Waals surface area (Å²) in [7, 11) is 0. The second-order valence-corrected chi connectivity index (χ2v) is 11.1. The summed E-state index contributed by atoms with van der Waals surface area (Å²) < 4.78 is 7.62. The van der Waals surface area contributed by atoms with Crippen molar-refractivity contribution in [2.24, 2.45) is 0 Å². The van der Waals surface area contributed by atoms with Crippen LogP contribution in [0, 0.1) is 6.92 Å². The van der Waals surface area contributed by atoms with Gasteiger partial charge in [-0.2, -0.15) is 0 Å². The van der Waals surface area contributed by atoms with E-state index in [1.54, 1.807) is 12.4 Å². The highest BCUT2D eigenvalue weighted by Gasteiger charge is 2.19. The molecule has 0 atom stereocenters. The van der Waals surface area contributed by atoms with Gasteiger partial charge in [-0.1, -0.05) is 68.3 Å². The number of nitrogens with zero attached hydrogens (tertiary/aromatic N) is 7. The van der Waals surface area contributed by atoms with Gasteiger partial charge in [-0.25, -0.2) is 24.6 Å². The van der Waals surface area contributed by atoms with Crippen LogP contribution in [0.1, 0.15) is 74.5 Å². The van der Waals surface area contributed by atoms with E-state index in [4.69, 9.17) is 9.72 Å². The quantitative estimate of drug-likeness (QED) is 0.220. The van der Waals surface area contributed by atoms with Gasteiger partial charge in [-0.3, -0.25) is 4.79 Å². The number of ether oxygens (including phenoxy) is 1. The highest BCUT2D eigenvalue weighted by Crippen LogP contribution is 2.30. The minimum Gasteiger partial charge on any atom is -0.487 e. The topological polar surface area (TPSA) is 124 Å². The lowest BCUT2D eigenvalue weighted by atomic mass is 9.96. The SMILES string of the molecule is CCCCc1nc(C)n(-c2ncc(OC3CCCCC3)cn2)c(=O)c1Cc1ccc(-c2ccccc2-c2nnn[nH]2)cc1. The Morgan fingerprint density at radius 1 is 0.977 bits per heavy atom. The van der Waals surface area contributed by atoms with Crippen LogP contribution in [0.2, 0.25) is 0 Å². The first-order valence-corrected chi connectivity index (χ1v) is 15.1. The average molecular weight is 577 g/mol. The third-order valence-electron chi connectivity index (χ3n) is 8.04. The van der Waals surface area contributed by atoms with Crippen molar-refractivity contribution < 1.29 is 4.74 Å². The maximum absolute atomic E-state index is 14.0. The number of H-pyrrole nitrogens is 1. The van der Waals surface area contributed by atoms with E-state index in [9.17, 15) is 4.79 Å². The van der Waals surface area contributed by atoms with Crippen LogP contribution < -0.4 is 10.3 Å². The van der Waals surface area contributed by atoms with Gasteiger partial charge < -0.3 is 4.74 Å². The summed E-state index contributed by atoms with van der Waals surface area (Å²) in [5.41, 5.74) is 5.37. The Hall–Kier alpha value is -4.73. The molecule has 1 aliphatic rings. The first-order valence-electron chi connectivity index (χ1n) is 15.1. The van der Waals surface area contributed by atoms with Gasteiger partial charge in [0.1, 0.15) is 5.82 Å². The molecule has 0 amide bonds. The largest absolute Gasteiger partial charge is 0.487 e. The molecule has 0 aliphatic heterocycles. The fraction of sp³-hybridized carbons (Fsp3) is 0.364. The second kappa shape index (κ2) is 13.1. The summed E-state index contributed by atoms with van der Waals surface area (Å²) in [6.07, 6.45) is 12.5. The average Bonchev–Trinajstić information content (AvgIpc) is 3.58. The van der Waals surface area contributed by atoms with E-state index in [2.05, 4.69) is 61.8 Å². The molecule has 1 saturated carbocycles. The van der Waals surface area contributed by atoms with Crippen LogP contribution in [-0.4, -0.2) is 46.2 Å². The fourth-order valence-electron chi connectivity index (χ4n) is 5.76. The fourth-order valence-corrected chi connectivity index (χ4v) is 5.76. The summed E-state index contributed by atoms with van der Waals surface area (Å²) in [5.74, 6) is 2.13. The van der Waals surface area contributed by atoms with Crippen LogP contribution in [0.3, 0.4) is 0 Å². The molecule has 43 heavy (non-hydrogen) atoms. The Labute approximate surface area is 250 Å². The van der Waals surface area contributed by atoms with Crippen LogP contribution >= 0.6 is 0 Å². The molecule has 3 aromatic heterocycles. The molecule has 0 saturated heterocycles. The summed E-state index contributed by atoms with van der Waals surface area (Å²) in [5, 5.41) is 14.4. The number of aryl methyl sites for hydroxylation is 2. The van der Waals surface area contributed by atoms with Crippen molar-refractivity contribution in [3.63, 3.8) is 0 Å². The van der Waals surface area contributed by atoms with Crippen molar-refractivity contribution >= 4 is 0 Å². The smallest absolute Gasteiger partial charge is 0.264 e. The molecule has 0 bridgehead atoms. The van der Waals surface area contributed by atoms with Crippen molar-refractivity contribution in [3.8, 4) is 34.2 Å². The molecule has 0 radical (unpaired) electrons. The standard InChI is InChI=1S/C33H36N8O2/c1-3-4-14-30-29(19-23-15-17-24(18-16-23)27-12-8-9-13-28(27)31-37-39-40-38-31)32(42)41(22(2)36-30)33-34-20-26(21-35-33)43-25-10-6-5-7-11-25/h8-9,12-13,15-18,20-21,25H,3-7,10-11,14,19H2,1-2H3,(H,37,38,39,40). The van der Waals surface area contributed by atoms with Crippen molar-refractivity contribution in [2.45, 2.75) is 77.7 Å². The van der Waals surface area contributed by atoms with E-state index in [1.165, 1.54) is 23.8 Å². The van der Waals surface area contributed by atoms with E-state index >= 15 is 0 Å². The zero-order valence-electron chi connectivity index (χ0n) is 24.7. The van der Waals surface area contributed by atoms with Crippen LogP contribution in [-0.2, 0) is 12.8 Å². The van der Waals surface area contributed by atoms with Gasteiger partial charge in [0.05, 0.1) is 24.2 Å². The minimum atomic E-state index is -0.133. The van der Waals surface area contributed by atoms with Gasteiger partial charge in [0.2, 0.25) is 5.95 Å². The Balaban J connectivity index is 1.29. The number of aromatic nitrogens is 8. The van der Waals surface area contributed by atoms with Gasteiger partial charge in [-0.05, 0) is 72.6 Å². The van der Waals surface area contributed by atoms with Gasteiger partial charge in [0, 0.05) is 17.5 Å². The number of tetrazole rings is 1. The molecule has 5 aromatic rings. The molecule has 3 heterocycles. The number of hydrogen-bond acceptors (Lipinski definition) is 8. The molecule has 220 valence electrons. The number of unbranched alkanes of at least 4 members (excludes halogenated alkanes) is 1. The van der Waals surface area contributed by atoms with Gasteiger partial charge >= 0.3 is 0 Å². The highest BCUT2D eigenvalue weighted by atomic mass is 16.5. The molecule has 0 spiro atoms. The lowest BCUT2D eigenvalue weighted by molar-refractivity contribution is 0.154. The third kappa shape index (κ3) is 6.38. The second-order valence-electron chi connectivity index (χ2n) is 11.1. The summed E-state index contributed by atoms with van der Waals surface area (Å²) in [6, 6.07) is 16.2. The van der Waals surface area contributed by atoms with Crippen molar-refractivity contribution in [3.05, 3.63) is 93.9 Å². The van der Waals surface area contributed by atoms with Crippen LogP contribution in [0.4, 0.5) is 0 Å². The number of rotatable bonds is 10. The number of benzene rings is 2. The van der Waals surface area contributed by atoms with E-state index in [0.717, 1.165) is 60.1 Å². The van der Waals surface area contributed by atoms with Crippen molar-refractivity contribution in [1.29, 1.82) is 0 Å². The van der Waals surface area contributed by atoms with E-state index in [1.807, 2.05) is 31.2 Å². The zero-order chi connectivity index (χ0) is 29.6. The van der Waals surface area contributed by atoms with Gasteiger partial charge in [0.15, 0.2) is 11.6 Å². The molecular formula is C33H36N8O2. The summed E-state index contributed by atoms with van der Waals surface area (Å²) in [4.78, 5) is 28.0. The Kier molecular flexibility index (Phi) is 8.62. The molecular weight excluding hydrogens is 540 g/mol. The lowest BCUT2D eigenvalue weighted by Crippen LogP contribution is -2.29. The van der Waals surface area contributed by atoms with Crippen LogP contribution in [0.5, 0.6) is 5.75 Å². The Bertz CT molecular complexity index is 1710. The zero-order valence-corrected chi connectivity index (χ0v) is 24.7. The predicted octanol–water partition coefficient (Wildman–Crippen LogP) is 5.82. The van der Waals surface area contributed by atoms with Crippen LogP contribution in [0.25, 0.3) is 28.5 Å². The number of nitrogens with one attached hydrogen (secondary N) is 1. The maximum Gasteiger partial charge on any atom is 0.264 e. The molecule has 0 unspecified atom stereocenters. The summed E-state index contributed by atoms with van der Waals surface area (Å²) in [6.45, 7) is 3.98. The highest BCUT2D eigenvalue weighted by molar-refractivity contribution is 5.80. The monoisotopic (exact) mass is 576 g/mol. The van der Waals surface area contributed by atoms with Gasteiger partial charge in [-0.15, -0.1) is 5.10 Å². The third-order valence-corrected chi connectivity index (χ3v) is 8.04. The van der Waals surface area contributed by atoms with E-state index in [-0.39, 0.29) is 11.7 Å². The minimum absolute atomic E-state index is 0.133. The molecule has 6 rings (SSSR count). The molecule has 10 nitrogen and oxygen atoms in total. The Morgan fingerprint density at radius 2 is 1.72 bits per heavy atom. The maximum atomic E-state index is 14.0. The van der Waals surface area contributed by atoms with Crippen LogP contribution in [0.15, 0.2) is 65.7 Å². The van der Waals surface area contributed by atoms with E-state index < -0.39 is 0 Å². The molecule has 1 N–H and O–H groups in total. The number of hydrogen-bond donors (Lipinski definition) is 1. The molecule has 1 aliphatic carbocycles.